The first-order valence-electron chi connectivity index (χ1n) is 9.48. The Morgan fingerprint density at radius 3 is 2.79 bits per heavy atom. The number of alkyl halides is 1. The van der Waals surface area contributed by atoms with Gasteiger partial charge in [0.25, 0.3) is 0 Å². The van der Waals surface area contributed by atoms with Crippen molar-refractivity contribution >= 4 is 22.5 Å². The van der Waals surface area contributed by atoms with E-state index < -0.39 is 0 Å². The summed E-state index contributed by atoms with van der Waals surface area (Å²) in [6, 6.07) is 7.87. The summed E-state index contributed by atoms with van der Waals surface area (Å²) in [6.45, 7) is 1.63. The van der Waals surface area contributed by atoms with E-state index in [0.717, 1.165) is 48.0 Å². The molecule has 7 nitrogen and oxygen atoms in total. The minimum atomic E-state index is -0.339. The molecule has 28 heavy (non-hydrogen) atoms. The molecule has 2 aromatic heterocycles. The maximum Gasteiger partial charge on any atom is 0.228 e. The normalized spacial score (nSPS) is 15.8. The number of pyridine rings is 1. The zero-order valence-electron chi connectivity index (χ0n) is 15.8. The molecule has 3 heterocycles. The molecule has 0 aliphatic carbocycles. The van der Waals surface area contributed by atoms with E-state index in [9.17, 15) is 9.18 Å². The summed E-state index contributed by atoms with van der Waals surface area (Å²) in [5.41, 5.74) is 1.76. The van der Waals surface area contributed by atoms with Crippen molar-refractivity contribution in [2.45, 2.75) is 12.8 Å². The van der Waals surface area contributed by atoms with Gasteiger partial charge in [0.05, 0.1) is 6.20 Å². The van der Waals surface area contributed by atoms with Gasteiger partial charge in [-0.05, 0) is 43.5 Å². The van der Waals surface area contributed by atoms with Gasteiger partial charge in [0.15, 0.2) is 0 Å². The molecule has 1 aliphatic heterocycles. The number of carbonyl (C=O) groups is 1. The first-order chi connectivity index (χ1) is 13.6. The average molecular weight is 382 g/mol. The Labute approximate surface area is 162 Å². The summed E-state index contributed by atoms with van der Waals surface area (Å²) in [6.07, 6.45) is 5.11. The Hall–Kier alpha value is -2.87. The number of likely N-dealkylation sites (tertiary alicyclic amines) is 1. The number of rotatable bonds is 5. The topological polar surface area (TPSA) is 75.9 Å². The van der Waals surface area contributed by atoms with Crippen molar-refractivity contribution in [1.82, 2.24) is 24.9 Å². The Kier molecular flexibility index (Phi) is 5.29. The largest absolute Gasteiger partial charge is 0.310 e. The van der Waals surface area contributed by atoms with Crippen LogP contribution < -0.4 is 5.32 Å². The number of nitrogens with zero attached hydrogens (tertiary/aromatic N) is 5. The lowest BCUT2D eigenvalue weighted by atomic mass is 9.96. The third kappa shape index (κ3) is 4.01. The predicted molar refractivity (Wildman–Crippen MR) is 106 cm³/mol. The number of carbonyl (C=O) groups excluding carboxylic acids is 1. The molecule has 3 aromatic rings. The van der Waals surface area contributed by atoms with Crippen molar-refractivity contribution in [3.05, 3.63) is 36.7 Å². The molecule has 1 N–H and O–H groups in total. The second-order valence-electron chi connectivity index (χ2n) is 7.20. The molecule has 0 saturated carbocycles. The first kappa shape index (κ1) is 18.5. The van der Waals surface area contributed by atoms with E-state index >= 15 is 0 Å². The second kappa shape index (κ2) is 8.02. The van der Waals surface area contributed by atoms with Crippen LogP contribution in [0.15, 0.2) is 36.7 Å². The quantitative estimate of drug-likeness (QED) is 0.734. The maximum absolute atomic E-state index is 12.6. The summed E-state index contributed by atoms with van der Waals surface area (Å²) in [7, 11) is 1.83. The van der Waals surface area contributed by atoms with Crippen LogP contribution in [0.2, 0.25) is 0 Å². The molecule has 1 saturated heterocycles. The van der Waals surface area contributed by atoms with Gasteiger partial charge in [0.1, 0.15) is 18.2 Å². The van der Waals surface area contributed by atoms with Crippen LogP contribution in [0.1, 0.15) is 12.8 Å². The van der Waals surface area contributed by atoms with Crippen LogP contribution in [-0.4, -0.2) is 57.1 Å². The first-order valence-corrected chi connectivity index (χ1v) is 9.48. The number of anilines is 1. The molecule has 0 bridgehead atoms. The zero-order chi connectivity index (χ0) is 19.5. The Morgan fingerprint density at radius 2 is 2.07 bits per heavy atom. The van der Waals surface area contributed by atoms with Crippen molar-refractivity contribution in [3.8, 4) is 11.3 Å². The highest BCUT2D eigenvalue weighted by Crippen LogP contribution is 2.25. The highest BCUT2D eigenvalue weighted by Gasteiger charge is 2.25. The van der Waals surface area contributed by atoms with Crippen LogP contribution in [0.25, 0.3) is 22.0 Å². The van der Waals surface area contributed by atoms with Gasteiger partial charge in [-0.2, -0.15) is 0 Å². The smallest absolute Gasteiger partial charge is 0.228 e. The number of fused-ring (bicyclic) bond motifs is 1. The molecule has 146 valence electrons. The lowest BCUT2D eigenvalue weighted by molar-refractivity contribution is -0.121. The van der Waals surface area contributed by atoms with E-state index in [1.54, 1.807) is 10.9 Å². The molecule has 8 heteroatoms. The van der Waals surface area contributed by atoms with E-state index in [0.29, 0.717) is 12.4 Å². The van der Waals surface area contributed by atoms with Gasteiger partial charge in [-0.3, -0.25) is 9.48 Å². The number of benzene rings is 1. The molecule has 0 atom stereocenters. The van der Waals surface area contributed by atoms with Gasteiger partial charge in [-0.15, -0.1) is 5.10 Å². The summed E-state index contributed by atoms with van der Waals surface area (Å²) >= 11 is 0. The van der Waals surface area contributed by atoms with Gasteiger partial charge in [-0.25, -0.2) is 9.37 Å². The number of amides is 1. The van der Waals surface area contributed by atoms with Gasteiger partial charge in [0.2, 0.25) is 5.91 Å². The maximum atomic E-state index is 12.6. The van der Waals surface area contributed by atoms with E-state index in [4.69, 9.17) is 0 Å². The van der Waals surface area contributed by atoms with Crippen LogP contribution in [0.4, 0.5) is 10.2 Å². The van der Waals surface area contributed by atoms with E-state index in [2.05, 4.69) is 25.5 Å². The standard InChI is InChI=1S/C20H23FN6O/c1-26-13-18(24-25-26)15-2-3-16-12-22-19(11-17(16)10-15)23-20(28)14-4-7-27(8-5-14)9-6-21/h2-3,10-14H,4-9H2,1H3,(H,22,23,28). The Balaban J connectivity index is 1.47. The lowest BCUT2D eigenvalue weighted by Gasteiger charge is -2.30. The monoisotopic (exact) mass is 382 g/mol. The minimum absolute atomic E-state index is 0.0168. The molecule has 1 aliphatic rings. The average Bonchev–Trinajstić information content (AvgIpc) is 3.14. The molecule has 0 radical (unpaired) electrons. The number of halogens is 1. The molecule has 1 amide bonds. The van der Waals surface area contributed by atoms with Crippen molar-refractivity contribution in [1.29, 1.82) is 0 Å². The second-order valence-corrected chi connectivity index (χ2v) is 7.20. The van der Waals surface area contributed by atoms with Crippen LogP contribution in [0.5, 0.6) is 0 Å². The number of hydrogen-bond donors (Lipinski definition) is 1. The van der Waals surface area contributed by atoms with E-state index in [1.807, 2.05) is 37.5 Å². The minimum Gasteiger partial charge on any atom is -0.310 e. The summed E-state index contributed by atoms with van der Waals surface area (Å²) < 4.78 is 14.1. The Morgan fingerprint density at radius 1 is 1.25 bits per heavy atom. The fraction of sp³-hybridized carbons (Fsp3) is 0.400. The van der Waals surface area contributed by atoms with E-state index in [-0.39, 0.29) is 18.5 Å². The SMILES string of the molecule is Cn1cc(-c2ccc3cnc(NC(=O)C4CCN(CCF)CC4)cc3c2)nn1. The van der Waals surface area contributed by atoms with Gasteiger partial charge in [0, 0.05) is 36.7 Å². The summed E-state index contributed by atoms with van der Waals surface area (Å²) in [5.74, 6) is 0.469. The molecule has 0 unspecified atom stereocenters. The van der Waals surface area contributed by atoms with Crippen LogP contribution in [-0.2, 0) is 11.8 Å². The highest BCUT2D eigenvalue weighted by molar-refractivity contribution is 5.95. The molecular weight excluding hydrogens is 359 g/mol. The van der Waals surface area contributed by atoms with Gasteiger partial charge in [-0.1, -0.05) is 17.3 Å². The van der Waals surface area contributed by atoms with E-state index in [1.165, 1.54) is 0 Å². The fourth-order valence-corrected chi connectivity index (χ4v) is 3.61. The molecule has 1 aromatic carbocycles. The molecule has 4 rings (SSSR count). The highest BCUT2D eigenvalue weighted by atomic mass is 19.1. The number of nitrogens with one attached hydrogen (secondary N) is 1. The van der Waals surface area contributed by atoms with Crippen molar-refractivity contribution < 1.29 is 9.18 Å². The van der Waals surface area contributed by atoms with Crippen molar-refractivity contribution in [2.24, 2.45) is 13.0 Å². The number of piperidine rings is 1. The number of aromatic nitrogens is 4. The molecule has 1 fully saturated rings. The zero-order valence-corrected chi connectivity index (χ0v) is 15.8. The van der Waals surface area contributed by atoms with Crippen LogP contribution >= 0.6 is 0 Å². The summed E-state index contributed by atoms with van der Waals surface area (Å²) in [4.78, 5) is 19.0. The van der Waals surface area contributed by atoms with Crippen molar-refractivity contribution in [3.63, 3.8) is 0 Å². The predicted octanol–water partition coefficient (Wildman–Crippen LogP) is 2.65. The molecular formula is C20H23FN6O. The van der Waals surface area contributed by atoms with Crippen molar-refractivity contribution in [2.75, 3.05) is 31.6 Å². The van der Waals surface area contributed by atoms with Crippen LogP contribution in [0, 0.1) is 5.92 Å². The van der Waals surface area contributed by atoms with Crippen LogP contribution in [0.3, 0.4) is 0 Å². The third-order valence-electron chi connectivity index (χ3n) is 5.23. The summed E-state index contributed by atoms with van der Waals surface area (Å²) in [5, 5.41) is 13.0. The van der Waals surface area contributed by atoms with Gasteiger partial charge < -0.3 is 10.2 Å². The Bertz CT molecular complexity index is 980. The third-order valence-corrected chi connectivity index (χ3v) is 5.23. The number of aryl methyl sites for hydroxylation is 1. The fourth-order valence-electron chi connectivity index (χ4n) is 3.61. The lowest BCUT2D eigenvalue weighted by Crippen LogP contribution is -2.39. The number of hydrogen-bond acceptors (Lipinski definition) is 5. The molecule has 0 spiro atoms. The van der Waals surface area contributed by atoms with Gasteiger partial charge >= 0.3 is 0 Å².